The van der Waals surface area contributed by atoms with Crippen molar-refractivity contribution < 1.29 is 9.59 Å². The summed E-state index contributed by atoms with van der Waals surface area (Å²) in [5.41, 5.74) is 0. The number of likely N-dealkylation sites (N-methyl/N-ethyl adjacent to an activating group) is 1. The number of carbonyl (C=O) groups excluding carboxylic acids is 2. The first-order valence-corrected chi connectivity index (χ1v) is 8.39. The Morgan fingerprint density at radius 3 is 2.48 bits per heavy atom. The maximum absolute atomic E-state index is 12.5. The SMILES string of the molecule is CNC(=O)CN1CC[C@H]2CN(C(=O)C3CCCC3)C[C@H]2C1. The second-order valence-corrected chi connectivity index (χ2v) is 6.94. The number of amides is 2. The lowest BCUT2D eigenvalue weighted by Crippen LogP contribution is -2.44. The summed E-state index contributed by atoms with van der Waals surface area (Å²) in [5.74, 6) is 2.00. The van der Waals surface area contributed by atoms with Gasteiger partial charge in [0, 0.05) is 32.6 Å². The van der Waals surface area contributed by atoms with Crippen LogP contribution in [0.1, 0.15) is 32.1 Å². The van der Waals surface area contributed by atoms with Crippen molar-refractivity contribution in [2.24, 2.45) is 17.8 Å². The zero-order chi connectivity index (χ0) is 14.8. The Balaban J connectivity index is 1.53. The van der Waals surface area contributed by atoms with Crippen LogP contribution in [0.15, 0.2) is 0 Å². The molecule has 3 rings (SSSR count). The molecule has 2 heterocycles. The van der Waals surface area contributed by atoms with Crippen LogP contribution in [0.2, 0.25) is 0 Å². The van der Waals surface area contributed by atoms with Crippen molar-refractivity contribution in [2.45, 2.75) is 32.1 Å². The van der Waals surface area contributed by atoms with Gasteiger partial charge in [0.05, 0.1) is 6.54 Å². The average molecular weight is 293 g/mol. The highest BCUT2D eigenvalue weighted by Gasteiger charge is 2.40. The van der Waals surface area contributed by atoms with Gasteiger partial charge in [-0.2, -0.15) is 0 Å². The summed E-state index contributed by atoms with van der Waals surface area (Å²) in [6.45, 7) is 4.31. The van der Waals surface area contributed by atoms with Crippen LogP contribution in [0, 0.1) is 17.8 Å². The number of fused-ring (bicyclic) bond motifs is 1. The number of hydrogen-bond acceptors (Lipinski definition) is 3. The zero-order valence-electron chi connectivity index (χ0n) is 13.0. The van der Waals surface area contributed by atoms with Crippen molar-refractivity contribution in [3.05, 3.63) is 0 Å². The van der Waals surface area contributed by atoms with Gasteiger partial charge in [0.25, 0.3) is 0 Å². The van der Waals surface area contributed by atoms with Crippen LogP contribution in [0.3, 0.4) is 0 Å². The molecule has 0 unspecified atom stereocenters. The summed E-state index contributed by atoms with van der Waals surface area (Å²) in [6, 6.07) is 0. The van der Waals surface area contributed by atoms with Crippen LogP contribution >= 0.6 is 0 Å². The van der Waals surface area contributed by atoms with Crippen LogP contribution in [-0.4, -0.2) is 61.4 Å². The molecule has 0 radical (unpaired) electrons. The van der Waals surface area contributed by atoms with E-state index < -0.39 is 0 Å². The minimum Gasteiger partial charge on any atom is -0.358 e. The molecule has 5 heteroatoms. The Kier molecular flexibility index (Phi) is 4.48. The molecular weight excluding hydrogens is 266 g/mol. The van der Waals surface area contributed by atoms with Crippen LogP contribution in [0.25, 0.3) is 0 Å². The summed E-state index contributed by atoms with van der Waals surface area (Å²) in [5, 5.41) is 2.69. The van der Waals surface area contributed by atoms with Crippen LogP contribution in [0.5, 0.6) is 0 Å². The summed E-state index contributed by atoms with van der Waals surface area (Å²) < 4.78 is 0. The third kappa shape index (κ3) is 3.23. The molecule has 0 bridgehead atoms. The average Bonchev–Trinajstić information content (AvgIpc) is 3.15. The highest BCUT2D eigenvalue weighted by Crippen LogP contribution is 2.34. The summed E-state index contributed by atoms with van der Waals surface area (Å²) in [7, 11) is 1.69. The van der Waals surface area contributed by atoms with Crippen LogP contribution < -0.4 is 5.32 Å². The van der Waals surface area contributed by atoms with Gasteiger partial charge >= 0.3 is 0 Å². The molecule has 0 spiro atoms. The van der Waals surface area contributed by atoms with E-state index in [0.29, 0.717) is 30.2 Å². The first kappa shape index (κ1) is 14.8. The zero-order valence-corrected chi connectivity index (χ0v) is 13.0. The van der Waals surface area contributed by atoms with Gasteiger partial charge in [0.1, 0.15) is 0 Å². The largest absolute Gasteiger partial charge is 0.358 e. The third-order valence-electron chi connectivity index (χ3n) is 5.55. The van der Waals surface area contributed by atoms with Gasteiger partial charge in [-0.15, -0.1) is 0 Å². The number of hydrogen-bond donors (Lipinski definition) is 1. The summed E-state index contributed by atoms with van der Waals surface area (Å²) in [4.78, 5) is 28.4. The van der Waals surface area contributed by atoms with E-state index in [4.69, 9.17) is 0 Å². The fourth-order valence-corrected chi connectivity index (χ4v) is 4.28. The number of carbonyl (C=O) groups is 2. The molecule has 0 aromatic heterocycles. The van der Waals surface area contributed by atoms with Crippen molar-refractivity contribution >= 4 is 11.8 Å². The lowest BCUT2D eigenvalue weighted by atomic mass is 9.89. The second kappa shape index (κ2) is 6.34. The Hall–Kier alpha value is -1.10. The Morgan fingerprint density at radius 1 is 1.05 bits per heavy atom. The number of likely N-dealkylation sites (tertiary alicyclic amines) is 2. The second-order valence-electron chi connectivity index (χ2n) is 6.94. The van der Waals surface area contributed by atoms with E-state index in [2.05, 4.69) is 15.1 Å². The van der Waals surface area contributed by atoms with Gasteiger partial charge in [-0.1, -0.05) is 12.8 Å². The topological polar surface area (TPSA) is 52.7 Å². The molecule has 5 nitrogen and oxygen atoms in total. The first-order valence-electron chi connectivity index (χ1n) is 8.39. The number of piperidine rings is 1. The molecule has 0 aromatic rings. The van der Waals surface area contributed by atoms with Crippen molar-refractivity contribution in [3.8, 4) is 0 Å². The van der Waals surface area contributed by atoms with Gasteiger partial charge in [0.2, 0.25) is 11.8 Å². The molecule has 1 N–H and O–H groups in total. The van der Waals surface area contributed by atoms with Crippen molar-refractivity contribution in [1.29, 1.82) is 0 Å². The number of nitrogens with zero attached hydrogens (tertiary/aromatic N) is 2. The molecular formula is C16H27N3O2. The van der Waals surface area contributed by atoms with E-state index in [1.165, 1.54) is 12.8 Å². The highest BCUT2D eigenvalue weighted by atomic mass is 16.2. The predicted octanol–water partition coefficient (Wildman–Crippen LogP) is 0.703. The third-order valence-corrected chi connectivity index (χ3v) is 5.55. The minimum atomic E-state index is 0.0883. The van der Waals surface area contributed by atoms with E-state index in [-0.39, 0.29) is 5.91 Å². The van der Waals surface area contributed by atoms with Crippen molar-refractivity contribution in [3.63, 3.8) is 0 Å². The van der Waals surface area contributed by atoms with E-state index in [1.807, 2.05) is 0 Å². The van der Waals surface area contributed by atoms with Gasteiger partial charge in [0.15, 0.2) is 0 Å². The Labute approximate surface area is 127 Å². The van der Waals surface area contributed by atoms with E-state index in [0.717, 1.165) is 45.4 Å². The minimum absolute atomic E-state index is 0.0883. The molecule has 3 aliphatic rings. The molecule has 3 fully saturated rings. The molecule has 2 amide bonds. The monoisotopic (exact) mass is 293 g/mol. The lowest BCUT2D eigenvalue weighted by molar-refractivity contribution is -0.134. The number of rotatable bonds is 3. The number of nitrogens with one attached hydrogen (secondary N) is 1. The molecule has 118 valence electrons. The quantitative estimate of drug-likeness (QED) is 0.833. The van der Waals surface area contributed by atoms with Crippen LogP contribution in [0.4, 0.5) is 0 Å². The van der Waals surface area contributed by atoms with E-state index >= 15 is 0 Å². The molecule has 1 saturated carbocycles. The maximum Gasteiger partial charge on any atom is 0.233 e. The normalized spacial score (nSPS) is 30.4. The molecule has 2 aliphatic heterocycles. The lowest BCUT2D eigenvalue weighted by Gasteiger charge is -2.33. The summed E-state index contributed by atoms with van der Waals surface area (Å²) in [6.07, 6.45) is 5.74. The fourth-order valence-electron chi connectivity index (χ4n) is 4.28. The molecule has 2 saturated heterocycles. The molecule has 21 heavy (non-hydrogen) atoms. The molecule has 0 aromatic carbocycles. The van der Waals surface area contributed by atoms with Crippen molar-refractivity contribution in [1.82, 2.24) is 15.1 Å². The smallest absolute Gasteiger partial charge is 0.233 e. The Morgan fingerprint density at radius 2 is 1.76 bits per heavy atom. The standard InChI is InChI=1S/C16H27N3O2/c1-17-15(20)11-18-7-6-13-9-19(10-14(13)8-18)16(21)12-4-2-3-5-12/h12-14H,2-11H2,1H3,(H,17,20)/t13-,14+/m0/s1. The molecule has 1 aliphatic carbocycles. The molecule has 2 atom stereocenters. The summed E-state index contributed by atoms with van der Waals surface area (Å²) >= 11 is 0. The Bertz CT molecular complexity index is 406. The van der Waals surface area contributed by atoms with E-state index in [1.54, 1.807) is 7.05 Å². The van der Waals surface area contributed by atoms with E-state index in [9.17, 15) is 9.59 Å². The van der Waals surface area contributed by atoms with Gasteiger partial charge in [-0.3, -0.25) is 14.5 Å². The first-order chi connectivity index (χ1) is 10.2. The van der Waals surface area contributed by atoms with Gasteiger partial charge in [-0.05, 0) is 37.6 Å². The van der Waals surface area contributed by atoms with Crippen LogP contribution in [-0.2, 0) is 9.59 Å². The highest BCUT2D eigenvalue weighted by molar-refractivity contribution is 5.79. The maximum atomic E-state index is 12.5. The van der Waals surface area contributed by atoms with Crippen molar-refractivity contribution in [2.75, 3.05) is 39.8 Å². The fraction of sp³-hybridized carbons (Fsp3) is 0.875. The van der Waals surface area contributed by atoms with Gasteiger partial charge < -0.3 is 10.2 Å². The predicted molar refractivity (Wildman–Crippen MR) is 80.6 cm³/mol. The van der Waals surface area contributed by atoms with Gasteiger partial charge in [-0.25, -0.2) is 0 Å².